The molecule has 5 nitrogen and oxygen atoms in total. The molecule has 0 aromatic heterocycles. The van der Waals surface area contributed by atoms with E-state index in [9.17, 15) is 0 Å². The molecule has 0 saturated carbocycles. The molecule has 0 saturated heterocycles. The van der Waals surface area contributed by atoms with E-state index in [0.717, 1.165) is 0 Å². The van der Waals surface area contributed by atoms with Crippen LogP contribution in [-0.4, -0.2) is 57.1 Å². The van der Waals surface area contributed by atoms with Crippen LogP contribution in [0.3, 0.4) is 0 Å². The normalized spacial score (nSPS) is 13.6. The molecule has 0 bridgehead atoms. The molecule has 0 rings (SSSR count). The van der Waals surface area contributed by atoms with Crippen molar-refractivity contribution >= 4 is 0 Å². The summed E-state index contributed by atoms with van der Waals surface area (Å²) in [5.74, 6) is 0. The van der Waals surface area contributed by atoms with Gasteiger partial charge in [0.15, 0.2) is 6.29 Å². The molecule has 0 aliphatic heterocycles. The van der Waals surface area contributed by atoms with Crippen LogP contribution >= 0.6 is 0 Å². The summed E-state index contributed by atoms with van der Waals surface area (Å²) in [5.41, 5.74) is 0. The highest BCUT2D eigenvalue weighted by Gasteiger charge is 2.03. The molecular weight excluding hydrogens is 174 g/mol. The highest BCUT2D eigenvalue weighted by molar-refractivity contribution is 4.45. The number of aliphatic hydroxyl groups is 1. The van der Waals surface area contributed by atoms with E-state index >= 15 is 0 Å². The second-order valence-corrected chi connectivity index (χ2v) is 2.70. The molecule has 13 heavy (non-hydrogen) atoms. The maximum absolute atomic E-state index is 8.82. The van der Waals surface area contributed by atoms with Crippen molar-refractivity contribution < 1.29 is 19.3 Å². The van der Waals surface area contributed by atoms with Gasteiger partial charge in [0.25, 0.3) is 0 Å². The number of ether oxygens (including phenoxy) is 3. The smallest absolute Gasteiger partial charge is 0.151 e. The van der Waals surface area contributed by atoms with Crippen molar-refractivity contribution in [3.8, 4) is 0 Å². The quantitative estimate of drug-likeness (QED) is 0.543. The van der Waals surface area contributed by atoms with Crippen molar-refractivity contribution in [2.75, 3.05) is 40.8 Å². The van der Waals surface area contributed by atoms with Crippen LogP contribution in [0.1, 0.15) is 6.92 Å². The molecule has 80 valence electrons. The van der Waals surface area contributed by atoms with Gasteiger partial charge in [0.1, 0.15) is 13.5 Å². The fourth-order valence-electron chi connectivity index (χ4n) is 0.884. The Morgan fingerprint density at radius 1 is 1.23 bits per heavy atom. The van der Waals surface area contributed by atoms with Crippen molar-refractivity contribution in [1.82, 2.24) is 4.90 Å². The third-order valence-corrected chi connectivity index (χ3v) is 1.39. The van der Waals surface area contributed by atoms with E-state index < -0.39 is 6.29 Å². The number of rotatable bonds is 8. The van der Waals surface area contributed by atoms with E-state index in [2.05, 4.69) is 0 Å². The zero-order valence-corrected chi connectivity index (χ0v) is 8.52. The van der Waals surface area contributed by atoms with Gasteiger partial charge in [0, 0.05) is 20.8 Å². The average Bonchev–Trinajstić information content (AvgIpc) is 2.04. The summed E-state index contributed by atoms with van der Waals surface area (Å²) in [6, 6.07) is 0. The fourth-order valence-corrected chi connectivity index (χ4v) is 0.884. The van der Waals surface area contributed by atoms with Crippen LogP contribution in [-0.2, 0) is 14.2 Å². The maximum atomic E-state index is 8.82. The van der Waals surface area contributed by atoms with Crippen LogP contribution in [0, 0.1) is 0 Å². The Morgan fingerprint density at radius 2 is 1.77 bits per heavy atom. The second kappa shape index (κ2) is 8.40. The maximum Gasteiger partial charge on any atom is 0.151 e. The minimum atomic E-state index is -0.716. The predicted octanol–water partition coefficient (Wildman–Crippen LogP) is -0.149. The Morgan fingerprint density at radius 3 is 2.15 bits per heavy atom. The van der Waals surface area contributed by atoms with Crippen molar-refractivity contribution in [3.05, 3.63) is 0 Å². The van der Waals surface area contributed by atoms with Crippen molar-refractivity contribution in [1.29, 1.82) is 0 Å². The van der Waals surface area contributed by atoms with Gasteiger partial charge in [-0.3, -0.25) is 4.90 Å². The topological polar surface area (TPSA) is 51.2 Å². The molecule has 0 aliphatic rings. The lowest BCUT2D eigenvalue weighted by molar-refractivity contribution is -0.101. The molecule has 0 aliphatic carbocycles. The van der Waals surface area contributed by atoms with Gasteiger partial charge in [0.2, 0.25) is 0 Å². The summed E-state index contributed by atoms with van der Waals surface area (Å²) >= 11 is 0. The Bertz CT molecular complexity index is 104. The van der Waals surface area contributed by atoms with Crippen LogP contribution < -0.4 is 0 Å². The predicted molar refractivity (Wildman–Crippen MR) is 48.1 cm³/mol. The Balaban J connectivity index is 3.44. The SMILES string of the molecule is COCN(CCOC(C)O)COC. The number of aliphatic hydroxyl groups excluding tert-OH is 1. The van der Waals surface area contributed by atoms with Gasteiger partial charge in [-0.25, -0.2) is 0 Å². The molecule has 0 spiro atoms. The summed E-state index contributed by atoms with van der Waals surface area (Å²) in [4.78, 5) is 1.92. The molecule has 1 atom stereocenters. The number of hydrogen-bond donors (Lipinski definition) is 1. The summed E-state index contributed by atoms with van der Waals surface area (Å²) < 4.78 is 14.9. The van der Waals surface area contributed by atoms with E-state index in [1.807, 2.05) is 4.90 Å². The van der Waals surface area contributed by atoms with E-state index in [4.69, 9.17) is 19.3 Å². The summed E-state index contributed by atoms with van der Waals surface area (Å²) in [7, 11) is 3.25. The lowest BCUT2D eigenvalue weighted by Gasteiger charge is -2.20. The lowest BCUT2D eigenvalue weighted by Crippen LogP contribution is -2.32. The Hall–Kier alpha value is -0.200. The van der Waals surface area contributed by atoms with E-state index in [1.165, 1.54) is 0 Å². The third kappa shape index (κ3) is 8.14. The van der Waals surface area contributed by atoms with E-state index in [-0.39, 0.29) is 0 Å². The van der Waals surface area contributed by atoms with Crippen LogP contribution in [0.2, 0.25) is 0 Å². The minimum absolute atomic E-state index is 0.463. The third-order valence-electron chi connectivity index (χ3n) is 1.39. The molecule has 1 N–H and O–H groups in total. The van der Waals surface area contributed by atoms with E-state index in [0.29, 0.717) is 26.6 Å². The number of hydrogen-bond acceptors (Lipinski definition) is 5. The summed E-state index contributed by atoms with van der Waals surface area (Å²) in [6.45, 7) is 3.71. The highest BCUT2D eigenvalue weighted by Crippen LogP contribution is 1.91. The van der Waals surface area contributed by atoms with Gasteiger partial charge in [-0.2, -0.15) is 0 Å². The number of methoxy groups -OCH3 is 2. The molecule has 0 fully saturated rings. The van der Waals surface area contributed by atoms with Crippen LogP contribution in [0.25, 0.3) is 0 Å². The fraction of sp³-hybridized carbons (Fsp3) is 1.00. The molecular formula is C8H19NO4. The zero-order chi connectivity index (χ0) is 10.1. The van der Waals surface area contributed by atoms with Crippen LogP contribution in [0.4, 0.5) is 0 Å². The number of nitrogens with zero attached hydrogens (tertiary/aromatic N) is 1. The van der Waals surface area contributed by atoms with Crippen LogP contribution in [0.15, 0.2) is 0 Å². The van der Waals surface area contributed by atoms with Gasteiger partial charge in [0.05, 0.1) is 6.61 Å². The standard InChI is InChI=1S/C8H19NO4/c1-8(10)13-5-4-9(6-11-2)7-12-3/h8,10H,4-7H2,1-3H3. The van der Waals surface area contributed by atoms with Gasteiger partial charge in [-0.1, -0.05) is 0 Å². The molecule has 0 aromatic rings. The molecule has 0 aromatic carbocycles. The Kier molecular flexibility index (Phi) is 8.27. The van der Waals surface area contributed by atoms with Crippen molar-refractivity contribution in [3.63, 3.8) is 0 Å². The first-order valence-corrected chi connectivity index (χ1v) is 4.20. The molecule has 0 amide bonds. The van der Waals surface area contributed by atoms with Crippen LogP contribution in [0.5, 0.6) is 0 Å². The lowest BCUT2D eigenvalue weighted by atomic mass is 10.6. The minimum Gasteiger partial charge on any atom is -0.369 e. The first-order valence-electron chi connectivity index (χ1n) is 4.20. The largest absolute Gasteiger partial charge is 0.369 e. The molecule has 0 heterocycles. The molecule has 0 radical (unpaired) electrons. The second-order valence-electron chi connectivity index (χ2n) is 2.70. The monoisotopic (exact) mass is 193 g/mol. The van der Waals surface area contributed by atoms with Crippen molar-refractivity contribution in [2.45, 2.75) is 13.2 Å². The Labute approximate surface area is 79.2 Å². The summed E-state index contributed by atoms with van der Waals surface area (Å²) in [6.07, 6.45) is -0.716. The van der Waals surface area contributed by atoms with Gasteiger partial charge in [-0.15, -0.1) is 0 Å². The summed E-state index contributed by atoms with van der Waals surface area (Å²) in [5, 5.41) is 8.82. The zero-order valence-electron chi connectivity index (χ0n) is 8.52. The van der Waals surface area contributed by atoms with Gasteiger partial charge >= 0.3 is 0 Å². The highest BCUT2D eigenvalue weighted by atomic mass is 16.6. The molecule has 1 unspecified atom stereocenters. The average molecular weight is 193 g/mol. The first-order chi connectivity index (χ1) is 6.20. The van der Waals surface area contributed by atoms with Gasteiger partial charge in [-0.05, 0) is 6.92 Å². The van der Waals surface area contributed by atoms with Gasteiger partial charge < -0.3 is 19.3 Å². The van der Waals surface area contributed by atoms with Crippen molar-refractivity contribution in [2.24, 2.45) is 0 Å². The molecule has 5 heteroatoms. The first kappa shape index (κ1) is 12.8. The van der Waals surface area contributed by atoms with E-state index in [1.54, 1.807) is 21.1 Å².